The zero-order valence-corrected chi connectivity index (χ0v) is 15.2. The lowest BCUT2D eigenvalue weighted by Gasteiger charge is -2.13. The number of nitrogens with one attached hydrogen (secondary N) is 3. The first-order valence-corrected chi connectivity index (χ1v) is 8.32. The first kappa shape index (κ1) is 18.9. The SMILES string of the molecule is CNC(=O)C=C1C=CC=C(Nc2ncc(F)c(Nc3cc(C)ccn3)n2)C1=O. The Morgan fingerprint density at radius 3 is 2.82 bits per heavy atom. The van der Waals surface area contributed by atoms with Crippen LogP contribution < -0.4 is 16.0 Å². The van der Waals surface area contributed by atoms with Gasteiger partial charge in [0, 0.05) is 24.9 Å². The van der Waals surface area contributed by atoms with Crippen molar-refractivity contribution in [3.63, 3.8) is 0 Å². The average Bonchev–Trinajstić information content (AvgIpc) is 2.67. The van der Waals surface area contributed by atoms with Gasteiger partial charge in [0.2, 0.25) is 17.6 Å². The number of nitrogens with zero attached hydrogens (tertiary/aromatic N) is 3. The molecule has 142 valence electrons. The van der Waals surface area contributed by atoms with E-state index in [0.29, 0.717) is 5.82 Å². The average molecular weight is 380 g/mol. The molecule has 1 amide bonds. The molecule has 0 saturated heterocycles. The predicted molar refractivity (Wildman–Crippen MR) is 102 cm³/mol. The van der Waals surface area contributed by atoms with E-state index >= 15 is 0 Å². The van der Waals surface area contributed by atoms with Crippen LogP contribution >= 0.6 is 0 Å². The normalized spacial score (nSPS) is 14.6. The van der Waals surface area contributed by atoms with Crippen LogP contribution in [0.2, 0.25) is 0 Å². The Balaban J connectivity index is 1.80. The van der Waals surface area contributed by atoms with Crippen molar-refractivity contribution in [3.05, 3.63) is 71.5 Å². The molecule has 0 atom stereocenters. The minimum absolute atomic E-state index is 0.0192. The maximum Gasteiger partial charge on any atom is 0.244 e. The molecule has 0 radical (unpaired) electrons. The van der Waals surface area contributed by atoms with Gasteiger partial charge in [-0.25, -0.2) is 14.4 Å². The molecule has 9 heteroatoms. The fraction of sp³-hybridized carbons (Fsp3) is 0.105. The third-order valence-corrected chi connectivity index (χ3v) is 3.73. The number of carbonyl (C=O) groups is 2. The first-order valence-electron chi connectivity index (χ1n) is 8.32. The Kier molecular flexibility index (Phi) is 5.54. The molecular formula is C19H17FN6O2. The second-order valence-corrected chi connectivity index (χ2v) is 5.84. The Labute approximate surface area is 160 Å². The van der Waals surface area contributed by atoms with Gasteiger partial charge in [-0.05, 0) is 30.7 Å². The van der Waals surface area contributed by atoms with Gasteiger partial charge in [-0.3, -0.25) is 9.59 Å². The molecular weight excluding hydrogens is 363 g/mol. The van der Waals surface area contributed by atoms with Crippen LogP contribution in [-0.4, -0.2) is 33.7 Å². The summed E-state index contributed by atoms with van der Waals surface area (Å²) < 4.78 is 14.1. The molecule has 0 spiro atoms. The zero-order chi connectivity index (χ0) is 20.1. The van der Waals surface area contributed by atoms with E-state index in [-0.39, 0.29) is 23.0 Å². The molecule has 0 saturated carbocycles. The molecule has 1 aliphatic rings. The molecule has 3 rings (SSSR count). The zero-order valence-electron chi connectivity index (χ0n) is 15.2. The van der Waals surface area contributed by atoms with Gasteiger partial charge in [0.15, 0.2) is 11.6 Å². The fourth-order valence-electron chi connectivity index (χ4n) is 2.34. The molecule has 1 aliphatic carbocycles. The van der Waals surface area contributed by atoms with Crippen LogP contribution in [-0.2, 0) is 9.59 Å². The summed E-state index contributed by atoms with van der Waals surface area (Å²) in [6, 6.07) is 3.55. The first-order chi connectivity index (χ1) is 13.5. The van der Waals surface area contributed by atoms with Crippen LogP contribution in [0.25, 0.3) is 0 Å². The molecule has 2 aromatic rings. The number of allylic oxidation sites excluding steroid dienone is 4. The van der Waals surface area contributed by atoms with E-state index in [9.17, 15) is 14.0 Å². The van der Waals surface area contributed by atoms with Crippen molar-refractivity contribution in [3.8, 4) is 0 Å². The van der Waals surface area contributed by atoms with Gasteiger partial charge in [-0.1, -0.05) is 12.2 Å². The summed E-state index contributed by atoms with van der Waals surface area (Å²) in [5.74, 6) is -1.12. The number of aromatic nitrogens is 3. The van der Waals surface area contributed by atoms with E-state index < -0.39 is 17.5 Å². The van der Waals surface area contributed by atoms with E-state index in [2.05, 4.69) is 30.9 Å². The molecule has 0 bridgehead atoms. The molecule has 0 aromatic carbocycles. The molecule has 0 aliphatic heterocycles. The lowest BCUT2D eigenvalue weighted by atomic mass is 10.0. The molecule has 28 heavy (non-hydrogen) atoms. The van der Waals surface area contributed by atoms with E-state index in [1.54, 1.807) is 18.3 Å². The van der Waals surface area contributed by atoms with Gasteiger partial charge >= 0.3 is 0 Å². The van der Waals surface area contributed by atoms with E-state index in [1.807, 2.05) is 13.0 Å². The number of Topliss-reactive ketones (excluding diaryl/α,β-unsaturated/α-hetero) is 1. The van der Waals surface area contributed by atoms with Gasteiger partial charge < -0.3 is 16.0 Å². The van der Waals surface area contributed by atoms with Crippen LogP contribution in [0.3, 0.4) is 0 Å². The summed E-state index contributed by atoms with van der Waals surface area (Å²) in [6.07, 6.45) is 8.41. The topological polar surface area (TPSA) is 109 Å². The van der Waals surface area contributed by atoms with Crippen LogP contribution in [0.5, 0.6) is 0 Å². The number of likely N-dealkylation sites (N-methyl/N-ethyl adjacent to an activating group) is 1. The lowest BCUT2D eigenvalue weighted by molar-refractivity contribution is -0.117. The number of aryl methyl sites for hydroxylation is 1. The van der Waals surface area contributed by atoms with Crippen LogP contribution in [0.1, 0.15) is 5.56 Å². The third kappa shape index (κ3) is 4.44. The van der Waals surface area contributed by atoms with Crippen molar-refractivity contribution in [2.24, 2.45) is 0 Å². The smallest absolute Gasteiger partial charge is 0.244 e. The molecule has 0 fully saturated rings. The highest BCUT2D eigenvalue weighted by molar-refractivity contribution is 6.15. The summed E-state index contributed by atoms with van der Waals surface area (Å²) in [4.78, 5) is 36.0. The minimum atomic E-state index is -0.669. The maximum atomic E-state index is 14.1. The number of ketones is 1. The standard InChI is InChI=1S/C19H17FN6O2/c1-11-6-7-22-15(8-11)25-18-13(20)10-23-19(26-18)24-14-5-3-4-12(17(14)28)9-16(27)21-2/h3-10H,1-2H3,(H,21,27)(H2,22,23,24,25,26). The van der Waals surface area contributed by atoms with Crippen molar-refractivity contribution < 1.29 is 14.0 Å². The van der Waals surface area contributed by atoms with E-state index in [0.717, 1.165) is 11.8 Å². The largest absolute Gasteiger partial charge is 0.356 e. The van der Waals surface area contributed by atoms with Gasteiger partial charge in [0.25, 0.3) is 0 Å². The van der Waals surface area contributed by atoms with Crippen molar-refractivity contribution in [1.29, 1.82) is 0 Å². The summed E-state index contributed by atoms with van der Waals surface area (Å²) in [7, 11) is 1.47. The second-order valence-electron chi connectivity index (χ2n) is 5.84. The Hall–Kier alpha value is -3.88. The Morgan fingerprint density at radius 1 is 1.25 bits per heavy atom. The summed E-state index contributed by atoms with van der Waals surface area (Å²) >= 11 is 0. The highest BCUT2D eigenvalue weighted by Crippen LogP contribution is 2.20. The number of rotatable bonds is 5. The van der Waals surface area contributed by atoms with Crippen molar-refractivity contribution >= 4 is 29.3 Å². The number of carbonyl (C=O) groups excluding carboxylic acids is 2. The molecule has 2 heterocycles. The maximum absolute atomic E-state index is 14.1. The van der Waals surface area contributed by atoms with Crippen molar-refractivity contribution in [1.82, 2.24) is 20.3 Å². The van der Waals surface area contributed by atoms with E-state index in [4.69, 9.17) is 0 Å². The van der Waals surface area contributed by atoms with Crippen molar-refractivity contribution in [2.75, 3.05) is 17.7 Å². The number of hydrogen-bond acceptors (Lipinski definition) is 7. The fourth-order valence-corrected chi connectivity index (χ4v) is 2.34. The van der Waals surface area contributed by atoms with Gasteiger partial charge in [0.05, 0.1) is 11.9 Å². The van der Waals surface area contributed by atoms with Crippen molar-refractivity contribution in [2.45, 2.75) is 6.92 Å². The third-order valence-electron chi connectivity index (χ3n) is 3.73. The van der Waals surface area contributed by atoms with Crippen LogP contribution in [0.15, 0.2) is 60.1 Å². The number of halogens is 1. The highest BCUT2D eigenvalue weighted by atomic mass is 19.1. The molecule has 3 N–H and O–H groups in total. The predicted octanol–water partition coefficient (Wildman–Crippen LogP) is 2.17. The molecule has 2 aromatic heterocycles. The quantitative estimate of drug-likeness (QED) is 0.682. The number of amides is 1. The van der Waals surface area contributed by atoms with Crippen LogP contribution in [0, 0.1) is 12.7 Å². The number of pyridine rings is 1. The van der Waals surface area contributed by atoms with Gasteiger partial charge in [0.1, 0.15) is 5.82 Å². The summed E-state index contributed by atoms with van der Waals surface area (Å²) in [5, 5.41) is 7.96. The lowest BCUT2D eigenvalue weighted by Crippen LogP contribution is -2.20. The van der Waals surface area contributed by atoms with Gasteiger partial charge in [-0.2, -0.15) is 4.98 Å². The van der Waals surface area contributed by atoms with Gasteiger partial charge in [-0.15, -0.1) is 0 Å². The summed E-state index contributed by atoms with van der Waals surface area (Å²) in [5.41, 5.74) is 1.31. The monoisotopic (exact) mass is 380 g/mol. The molecule has 0 unspecified atom stereocenters. The Bertz CT molecular complexity index is 1030. The number of hydrogen-bond donors (Lipinski definition) is 3. The second kappa shape index (κ2) is 8.21. The number of anilines is 3. The summed E-state index contributed by atoms with van der Waals surface area (Å²) in [6.45, 7) is 1.88. The molecule has 8 nitrogen and oxygen atoms in total. The Morgan fingerprint density at radius 2 is 2.07 bits per heavy atom. The van der Waals surface area contributed by atoms with E-state index in [1.165, 1.54) is 25.3 Å². The van der Waals surface area contributed by atoms with Crippen LogP contribution in [0.4, 0.5) is 22.0 Å². The minimum Gasteiger partial charge on any atom is -0.356 e. The highest BCUT2D eigenvalue weighted by Gasteiger charge is 2.18.